The van der Waals surface area contributed by atoms with Crippen molar-refractivity contribution in [1.29, 1.82) is 0 Å². The van der Waals surface area contributed by atoms with Crippen LogP contribution in [0.5, 0.6) is 5.75 Å². The van der Waals surface area contributed by atoms with E-state index in [0.29, 0.717) is 30.2 Å². The zero-order valence-electron chi connectivity index (χ0n) is 15.9. The highest BCUT2D eigenvalue weighted by Crippen LogP contribution is 2.28. The third-order valence-corrected chi connectivity index (χ3v) is 4.42. The number of ketones is 1. The molecule has 1 aromatic rings. The van der Waals surface area contributed by atoms with Crippen molar-refractivity contribution in [2.24, 2.45) is 5.92 Å². The van der Waals surface area contributed by atoms with Gasteiger partial charge in [0.15, 0.2) is 5.78 Å². The Bertz CT molecular complexity index is 620. The molecule has 1 aliphatic rings. The minimum absolute atomic E-state index is 0.0200. The summed E-state index contributed by atoms with van der Waals surface area (Å²) in [5, 5.41) is 0. The second kappa shape index (κ2) is 7.89. The van der Waals surface area contributed by atoms with Crippen molar-refractivity contribution in [3.63, 3.8) is 0 Å². The average molecular weight is 347 g/mol. The van der Waals surface area contributed by atoms with Crippen molar-refractivity contribution in [2.45, 2.75) is 58.6 Å². The van der Waals surface area contributed by atoms with Gasteiger partial charge in [-0.25, -0.2) is 4.79 Å². The lowest BCUT2D eigenvalue weighted by Gasteiger charge is -2.39. The Balaban J connectivity index is 2.12. The lowest BCUT2D eigenvalue weighted by molar-refractivity contribution is 0.00514. The van der Waals surface area contributed by atoms with Crippen molar-refractivity contribution >= 4 is 11.9 Å². The zero-order chi connectivity index (χ0) is 18.6. The molecule has 2 rings (SSSR count). The van der Waals surface area contributed by atoms with Gasteiger partial charge in [-0.1, -0.05) is 19.1 Å². The Hall–Kier alpha value is -2.04. The molecule has 5 nitrogen and oxygen atoms in total. The number of benzene rings is 1. The van der Waals surface area contributed by atoms with Gasteiger partial charge in [-0.3, -0.25) is 4.79 Å². The molecule has 1 saturated heterocycles. The van der Waals surface area contributed by atoms with Crippen LogP contribution in [-0.4, -0.2) is 42.1 Å². The monoisotopic (exact) mass is 347 g/mol. The summed E-state index contributed by atoms with van der Waals surface area (Å²) in [4.78, 5) is 27.0. The normalized spacial score (nSPS) is 20.9. The number of ether oxygens (including phenoxy) is 2. The number of methoxy groups -OCH3 is 1. The van der Waals surface area contributed by atoms with Crippen molar-refractivity contribution < 1.29 is 19.1 Å². The highest BCUT2D eigenvalue weighted by molar-refractivity contribution is 5.97. The molecule has 1 fully saturated rings. The second-order valence-corrected chi connectivity index (χ2v) is 7.82. The number of rotatable bonds is 4. The molecule has 0 aliphatic carbocycles. The fourth-order valence-electron chi connectivity index (χ4n) is 3.13. The van der Waals surface area contributed by atoms with Crippen molar-refractivity contribution in [1.82, 2.24) is 4.90 Å². The van der Waals surface area contributed by atoms with Gasteiger partial charge in [0, 0.05) is 24.6 Å². The summed E-state index contributed by atoms with van der Waals surface area (Å²) < 4.78 is 10.7. The molecule has 2 unspecified atom stereocenters. The van der Waals surface area contributed by atoms with Crippen molar-refractivity contribution in [3.8, 4) is 5.75 Å². The van der Waals surface area contributed by atoms with Crippen LogP contribution in [0.25, 0.3) is 0 Å². The molecular formula is C20H29NO4. The maximum Gasteiger partial charge on any atom is 0.410 e. The van der Waals surface area contributed by atoms with E-state index < -0.39 is 5.60 Å². The number of piperidine rings is 1. The highest BCUT2D eigenvalue weighted by Gasteiger charge is 2.34. The van der Waals surface area contributed by atoms with E-state index >= 15 is 0 Å². The first-order valence-electron chi connectivity index (χ1n) is 8.86. The van der Waals surface area contributed by atoms with Crippen LogP contribution >= 0.6 is 0 Å². The second-order valence-electron chi connectivity index (χ2n) is 7.82. The van der Waals surface area contributed by atoms with Gasteiger partial charge in [-0.05, 0) is 51.7 Å². The molecule has 0 radical (unpaired) electrons. The summed E-state index contributed by atoms with van der Waals surface area (Å²) in [5.41, 5.74) is 0.0725. The van der Waals surface area contributed by atoms with E-state index in [1.807, 2.05) is 26.8 Å². The number of hydrogen-bond donors (Lipinski definition) is 0. The molecule has 1 heterocycles. The Morgan fingerprint density at radius 3 is 2.64 bits per heavy atom. The third-order valence-electron chi connectivity index (χ3n) is 4.42. The molecule has 0 saturated carbocycles. The lowest BCUT2D eigenvalue weighted by atomic mass is 9.89. The smallest absolute Gasteiger partial charge is 0.410 e. The Labute approximate surface area is 150 Å². The number of Topliss-reactive ketones (excluding diaryl/α,β-unsaturated/α-hetero) is 1. The molecule has 0 spiro atoms. The van der Waals surface area contributed by atoms with E-state index in [4.69, 9.17) is 9.47 Å². The molecule has 138 valence electrons. The van der Waals surface area contributed by atoms with Crippen LogP contribution in [0.1, 0.15) is 57.3 Å². The van der Waals surface area contributed by atoms with E-state index in [1.54, 1.807) is 30.2 Å². The van der Waals surface area contributed by atoms with Gasteiger partial charge < -0.3 is 14.4 Å². The molecule has 25 heavy (non-hydrogen) atoms. The topological polar surface area (TPSA) is 55.8 Å². The number of carbonyl (C=O) groups is 2. The SMILES string of the molecule is COc1cccc(C(=O)CC2CC(C)CCN2C(=O)OC(C)(C)C)c1. The van der Waals surface area contributed by atoms with Crippen molar-refractivity contribution in [3.05, 3.63) is 29.8 Å². The van der Waals surface area contributed by atoms with Gasteiger partial charge >= 0.3 is 6.09 Å². The van der Waals surface area contributed by atoms with Gasteiger partial charge in [0.2, 0.25) is 0 Å². The standard InChI is InChI=1S/C20H29NO4/c1-14-9-10-21(19(23)25-20(2,3)4)16(11-14)13-18(22)15-7-6-8-17(12-15)24-5/h6-8,12,14,16H,9-11,13H2,1-5H3. The maximum atomic E-state index is 12.7. The number of carbonyl (C=O) groups excluding carboxylic acids is 2. The van der Waals surface area contributed by atoms with E-state index in [1.165, 1.54) is 0 Å². The van der Waals surface area contributed by atoms with Gasteiger partial charge in [0.1, 0.15) is 11.4 Å². The van der Waals surface area contributed by atoms with Crippen LogP contribution in [0.2, 0.25) is 0 Å². The Kier molecular flexibility index (Phi) is 6.09. The molecule has 1 amide bonds. The summed E-state index contributed by atoms with van der Waals surface area (Å²) in [5.74, 6) is 1.17. The van der Waals surface area contributed by atoms with Crippen LogP contribution in [0.3, 0.4) is 0 Å². The lowest BCUT2D eigenvalue weighted by Crippen LogP contribution is -2.48. The Morgan fingerprint density at radius 1 is 1.28 bits per heavy atom. The first-order valence-corrected chi connectivity index (χ1v) is 8.86. The predicted molar refractivity (Wildman–Crippen MR) is 97.1 cm³/mol. The molecule has 2 atom stereocenters. The zero-order valence-corrected chi connectivity index (χ0v) is 15.9. The first-order chi connectivity index (χ1) is 11.7. The quantitative estimate of drug-likeness (QED) is 0.762. The minimum Gasteiger partial charge on any atom is -0.497 e. The van der Waals surface area contributed by atoms with Crippen LogP contribution in [0.4, 0.5) is 4.79 Å². The predicted octanol–water partition coefficient (Wildman–Crippen LogP) is 4.30. The molecule has 1 aliphatic heterocycles. The fourth-order valence-corrected chi connectivity index (χ4v) is 3.13. The molecular weight excluding hydrogens is 318 g/mol. The third kappa shape index (κ3) is 5.48. The number of nitrogens with zero attached hydrogens (tertiary/aromatic N) is 1. The summed E-state index contributed by atoms with van der Waals surface area (Å²) in [7, 11) is 1.58. The van der Waals surface area contributed by atoms with Gasteiger partial charge in [-0.2, -0.15) is 0 Å². The van der Waals surface area contributed by atoms with Crippen LogP contribution in [0, 0.1) is 5.92 Å². The molecule has 0 aromatic heterocycles. The van der Waals surface area contributed by atoms with Gasteiger partial charge in [0.05, 0.1) is 7.11 Å². The summed E-state index contributed by atoms with van der Waals surface area (Å²) >= 11 is 0. The molecule has 5 heteroatoms. The molecule has 0 N–H and O–H groups in total. The summed E-state index contributed by atoms with van der Waals surface area (Å²) in [6.45, 7) is 8.36. The van der Waals surface area contributed by atoms with Gasteiger partial charge in [-0.15, -0.1) is 0 Å². The fraction of sp³-hybridized carbons (Fsp3) is 0.600. The van der Waals surface area contributed by atoms with E-state index in [-0.39, 0.29) is 17.9 Å². The van der Waals surface area contributed by atoms with Gasteiger partial charge in [0.25, 0.3) is 0 Å². The number of hydrogen-bond acceptors (Lipinski definition) is 4. The van der Waals surface area contributed by atoms with E-state index in [2.05, 4.69) is 6.92 Å². The van der Waals surface area contributed by atoms with Crippen LogP contribution < -0.4 is 4.74 Å². The summed E-state index contributed by atoms with van der Waals surface area (Å²) in [6.07, 6.45) is 1.72. The van der Waals surface area contributed by atoms with E-state index in [0.717, 1.165) is 12.8 Å². The highest BCUT2D eigenvalue weighted by atomic mass is 16.6. The number of likely N-dealkylation sites (tertiary alicyclic amines) is 1. The molecule has 0 bridgehead atoms. The summed E-state index contributed by atoms with van der Waals surface area (Å²) in [6, 6.07) is 7.02. The minimum atomic E-state index is -0.540. The first kappa shape index (κ1) is 19.3. The largest absolute Gasteiger partial charge is 0.497 e. The van der Waals surface area contributed by atoms with Crippen LogP contribution in [0.15, 0.2) is 24.3 Å². The number of amides is 1. The van der Waals surface area contributed by atoms with Crippen LogP contribution in [-0.2, 0) is 4.74 Å². The van der Waals surface area contributed by atoms with Crippen molar-refractivity contribution in [2.75, 3.05) is 13.7 Å². The maximum absolute atomic E-state index is 12.7. The van der Waals surface area contributed by atoms with E-state index in [9.17, 15) is 9.59 Å². The Morgan fingerprint density at radius 2 is 2.00 bits per heavy atom. The average Bonchev–Trinajstić information content (AvgIpc) is 2.53. The molecule has 1 aromatic carbocycles.